The minimum atomic E-state index is -3.21. The Hall–Kier alpha value is -1.44. The molecule has 1 atom stereocenters. The van der Waals surface area contributed by atoms with E-state index in [2.05, 4.69) is 0 Å². The van der Waals surface area contributed by atoms with Crippen LogP contribution < -0.4 is 0 Å². The van der Waals surface area contributed by atoms with Crippen LogP contribution in [0, 0.1) is 0 Å². The zero-order chi connectivity index (χ0) is 18.1. The van der Waals surface area contributed by atoms with Crippen LogP contribution in [0.4, 0.5) is 0 Å². The van der Waals surface area contributed by atoms with Crippen molar-refractivity contribution >= 4 is 15.7 Å². The molecule has 0 aromatic heterocycles. The van der Waals surface area contributed by atoms with E-state index in [0.717, 1.165) is 12.1 Å². The lowest BCUT2D eigenvalue weighted by molar-refractivity contribution is -0.164. The maximum Gasteiger partial charge on any atom is 0.227 e. The highest BCUT2D eigenvalue weighted by Crippen LogP contribution is 2.33. The number of likely N-dealkylation sites (tertiary alicyclic amines) is 1. The summed E-state index contributed by atoms with van der Waals surface area (Å²) in [6.45, 7) is 4.25. The van der Waals surface area contributed by atoms with E-state index in [9.17, 15) is 13.2 Å². The second-order valence-electron chi connectivity index (χ2n) is 7.19. The Morgan fingerprint density at radius 3 is 2.60 bits per heavy atom. The number of carbonyl (C=O) groups is 1. The SMILES string of the molecule is CCN(C)C[C@H]1COC2(CN(C(=O)Cc3ccccc3)C2)CS1(=O)=O. The number of hydrogen-bond acceptors (Lipinski definition) is 5. The quantitative estimate of drug-likeness (QED) is 0.762. The van der Waals surface area contributed by atoms with Gasteiger partial charge >= 0.3 is 0 Å². The van der Waals surface area contributed by atoms with Gasteiger partial charge in [0.1, 0.15) is 5.60 Å². The molecule has 0 saturated carbocycles. The number of carbonyl (C=O) groups excluding carboxylic acids is 1. The first-order chi connectivity index (χ1) is 11.8. The summed E-state index contributed by atoms with van der Waals surface area (Å²) in [6, 6.07) is 9.57. The smallest absolute Gasteiger partial charge is 0.227 e. The minimum Gasteiger partial charge on any atom is -0.369 e. The number of rotatable bonds is 5. The van der Waals surface area contributed by atoms with E-state index >= 15 is 0 Å². The Morgan fingerprint density at radius 2 is 2.00 bits per heavy atom. The topological polar surface area (TPSA) is 66.9 Å². The molecule has 2 heterocycles. The van der Waals surface area contributed by atoms with Crippen molar-refractivity contribution in [3.63, 3.8) is 0 Å². The van der Waals surface area contributed by atoms with Crippen LogP contribution in [0.15, 0.2) is 30.3 Å². The number of hydrogen-bond donors (Lipinski definition) is 0. The van der Waals surface area contributed by atoms with Crippen molar-refractivity contribution in [2.45, 2.75) is 24.2 Å². The van der Waals surface area contributed by atoms with Crippen molar-refractivity contribution in [2.75, 3.05) is 45.6 Å². The van der Waals surface area contributed by atoms with Gasteiger partial charge in [-0.3, -0.25) is 4.79 Å². The first kappa shape index (κ1) is 18.4. The zero-order valence-electron chi connectivity index (χ0n) is 14.8. The third-order valence-electron chi connectivity index (χ3n) is 5.11. The van der Waals surface area contributed by atoms with Crippen molar-refractivity contribution in [2.24, 2.45) is 0 Å². The Kier molecular flexibility index (Phi) is 5.18. The normalized spacial score (nSPS) is 24.3. The average Bonchev–Trinajstić information content (AvgIpc) is 2.55. The van der Waals surface area contributed by atoms with Gasteiger partial charge in [-0.25, -0.2) is 8.42 Å². The van der Waals surface area contributed by atoms with Crippen molar-refractivity contribution in [1.82, 2.24) is 9.80 Å². The number of sulfone groups is 1. The molecule has 6 nitrogen and oxygen atoms in total. The Bertz CT molecular complexity index is 714. The summed E-state index contributed by atoms with van der Waals surface area (Å²) < 4.78 is 31.1. The van der Waals surface area contributed by atoms with Gasteiger partial charge in [-0.2, -0.15) is 0 Å². The van der Waals surface area contributed by atoms with Gasteiger partial charge in [0.25, 0.3) is 0 Å². The van der Waals surface area contributed by atoms with Crippen LogP contribution in [0.1, 0.15) is 12.5 Å². The molecule has 1 aromatic carbocycles. The van der Waals surface area contributed by atoms with Crippen molar-refractivity contribution in [3.8, 4) is 0 Å². The molecule has 1 aromatic rings. The van der Waals surface area contributed by atoms with Gasteiger partial charge in [0.15, 0.2) is 9.84 Å². The molecule has 2 saturated heterocycles. The molecule has 25 heavy (non-hydrogen) atoms. The van der Waals surface area contributed by atoms with E-state index in [0.29, 0.717) is 26.1 Å². The van der Waals surface area contributed by atoms with Gasteiger partial charge in [-0.1, -0.05) is 37.3 Å². The fourth-order valence-electron chi connectivity index (χ4n) is 3.43. The lowest BCUT2D eigenvalue weighted by Gasteiger charge is -2.52. The number of ether oxygens (including phenoxy) is 1. The summed E-state index contributed by atoms with van der Waals surface area (Å²) in [5.41, 5.74) is 0.264. The first-order valence-electron chi connectivity index (χ1n) is 8.69. The van der Waals surface area contributed by atoms with Crippen molar-refractivity contribution < 1.29 is 17.9 Å². The maximum atomic E-state index is 12.6. The van der Waals surface area contributed by atoms with E-state index in [1.165, 1.54) is 0 Å². The lowest BCUT2D eigenvalue weighted by Crippen LogP contribution is -2.71. The molecule has 0 unspecified atom stereocenters. The molecule has 0 bridgehead atoms. The van der Waals surface area contributed by atoms with Crippen molar-refractivity contribution in [1.29, 1.82) is 0 Å². The highest BCUT2D eigenvalue weighted by atomic mass is 32.2. The molecule has 0 radical (unpaired) electrons. The molecular weight excluding hydrogens is 340 g/mol. The number of amides is 1. The second-order valence-corrected chi connectivity index (χ2v) is 9.47. The summed E-state index contributed by atoms with van der Waals surface area (Å²) in [7, 11) is -1.30. The van der Waals surface area contributed by atoms with Gasteiger partial charge < -0.3 is 14.5 Å². The van der Waals surface area contributed by atoms with Crippen LogP contribution in [0.3, 0.4) is 0 Å². The molecule has 2 fully saturated rings. The molecule has 2 aliphatic rings. The molecule has 138 valence electrons. The van der Waals surface area contributed by atoms with Gasteiger partial charge in [-0.15, -0.1) is 0 Å². The van der Waals surface area contributed by atoms with Crippen LogP contribution in [0.5, 0.6) is 0 Å². The van der Waals surface area contributed by atoms with Crippen LogP contribution in [0.25, 0.3) is 0 Å². The number of benzene rings is 1. The molecule has 0 aliphatic carbocycles. The van der Waals surface area contributed by atoms with Crippen LogP contribution >= 0.6 is 0 Å². The fraction of sp³-hybridized carbons (Fsp3) is 0.611. The summed E-state index contributed by atoms with van der Waals surface area (Å²) in [4.78, 5) is 16.0. The van der Waals surface area contributed by atoms with Crippen LogP contribution in [0.2, 0.25) is 0 Å². The van der Waals surface area contributed by atoms with E-state index in [1.807, 2.05) is 49.2 Å². The van der Waals surface area contributed by atoms with Gasteiger partial charge in [0.2, 0.25) is 5.91 Å². The van der Waals surface area contributed by atoms with Crippen LogP contribution in [-0.2, 0) is 25.8 Å². The second kappa shape index (κ2) is 7.05. The Labute approximate surface area is 149 Å². The van der Waals surface area contributed by atoms with Gasteiger partial charge in [0.05, 0.1) is 37.1 Å². The summed E-state index contributed by atoms with van der Waals surface area (Å²) in [5, 5.41) is -0.475. The lowest BCUT2D eigenvalue weighted by atomic mass is 9.94. The summed E-state index contributed by atoms with van der Waals surface area (Å²) >= 11 is 0. The predicted octanol–water partition coefficient (Wildman–Crippen LogP) is 0.575. The Morgan fingerprint density at radius 1 is 1.32 bits per heavy atom. The van der Waals surface area contributed by atoms with E-state index in [1.54, 1.807) is 4.90 Å². The zero-order valence-corrected chi connectivity index (χ0v) is 15.7. The van der Waals surface area contributed by atoms with E-state index in [-0.39, 0.29) is 18.3 Å². The molecule has 1 amide bonds. The van der Waals surface area contributed by atoms with Crippen LogP contribution in [-0.4, -0.2) is 80.6 Å². The van der Waals surface area contributed by atoms with E-state index < -0.39 is 20.7 Å². The summed E-state index contributed by atoms with van der Waals surface area (Å²) in [5.74, 6) is 0.0304. The van der Waals surface area contributed by atoms with Crippen molar-refractivity contribution in [3.05, 3.63) is 35.9 Å². The third-order valence-corrected chi connectivity index (χ3v) is 7.34. The highest BCUT2D eigenvalue weighted by Gasteiger charge is 2.53. The molecule has 7 heteroatoms. The minimum absolute atomic E-state index is 0.0112. The van der Waals surface area contributed by atoms with Gasteiger partial charge in [-0.05, 0) is 19.2 Å². The van der Waals surface area contributed by atoms with E-state index in [4.69, 9.17) is 4.74 Å². The standard InChI is InChI=1S/C18H26N2O4S/c1-3-19(2)10-16-11-24-18(14-25(16,22)23)12-20(13-18)17(21)9-15-7-5-4-6-8-15/h4-8,16H,3,9-14H2,1-2H3/t16-/m0/s1. The highest BCUT2D eigenvalue weighted by molar-refractivity contribution is 7.92. The average molecular weight is 366 g/mol. The largest absolute Gasteiger partial charge is 0.369 e. The monoisotopic (exact) mass is 366 g/mol. The molecule has 1 spiro atoms. The number of nitrogens with zero attached hydrogens (tertiary/aromatic N) is 2. The van der Waals surface area contributed by atoms with Gasteiger partial charge in [0, 0.05) is 6.54 Å². The fourth-order valence-corrected chi connectivity index (χ4v) is 5.43. The summed E-state index contributed by atoms with van der Waals surface area (Å²) in [6.07, 6.45) is 0.341. The Balaban J connectivity index is 1.56. The predicted molar refractivity (Wildman–Crippen MR) is 96.2 cm³/mol. The molecule has 3 rings (SSSR count). The molecule has 0 N–H and O–H groups in total. The first-order valence-corrected chi connectivity index (χ1v) is 10.4. The molecular formula is C18H26N2O4S. The maximum absolute atomic E-state index is 12.6. The third kappa shape index (κ3) is 4.04. The molecule has 2 aliphatic heterocycles.